The summed E-state index contributed by atoms with van der Waals surface area (Å²) in [6.07, 6.45) is 1.63. The Morgan fingerprint density at radius 2 is 1.60 bits per heavy atom. The van der Waals surface area contributed by atoms with Gasteiger partial charge in [-0.25, -0.2) is 0 Å². The fraction of sp³-hybridized carbons (Fsp3) is 0.100. The van der Waals surface area contributed by atoms with Crippen molar-refractivity contribution in [2.75, 3.05) is 4.90 Å². The third-order valence-electron chi connectivity index (χ3n) is 4.24. The number of benzene rings is 2. The largest absolute Gasteiger partial charge is 0.467 e. The number of rotatable bonds is 4. The molecule has 1 fully saturated rings. The Balaban J connectivity index is 1.76. The summed E-state index contributed by atoms with van der Waals surface area (Å²) >= 11 is 5.66. The van der Waals surface area contributed by atoms with E-state index >= 15 is 0 Å². The molecule has 0 spiro atoms. The van der Waals surface area contributed by atoms with E-state index in [1.54, 1.807) is 11.2 Å². The first-order chi connectivity index (χ1) is 12.3. The number of carbonyl (C=O) groups excluding carboxylic acids is 1. The van der Waals surface area contributed by atoms with E-state index in [1.807, 2.05) is 77.7 Å². The van der Waals surface area contributed by atoms with Crippen LogP contribution >= 0.6 is 12.2 Å². The Morgan fingerprint density at radius 3 is 2.24 bits per heavy atom. The Labute approximate surface area is 151 Å². The molecule has 3 aromatic rings. The molecule has 4 nitrogen and oxygen atoms in total. The van der Waals surface area contributed by atoms with Crippen LogP contribution in [0.2, 0.25) is 0 Å². The third kappa shape index (κ3) is 2.83. The van der Waals surface area contributed by atoms with Gasteiger partial charge in [0.05, 0.1) is 18.5 Å². The number of hydrogen-bond acceptors (Lipinski definition) is 3. The highest BCUT2D eigenvalue weighted by atomic mass is 32.1. The predicted octanol–water partition coefficient (Wildman–Crippen LogP) is 4.15. The monoisotopic (exact) mass is 348 g/mol. The fourth-order valence-corrected chi connectivity index (χ4v) is 3.46. The first-order valence-electron chi connectivity index (χ1n) is 8.02. The topological polar surface area (TPSA) is 36.7 Å². The molecule has 0 bridgehead atoms. The van der Waals surface area contributed by atoms with Crippen LogP contribution in [0.5, 0.6) is 0 Å². The van der Waals surface area contributed by atoms with Crippen LogP contribution < -0.4 is 4.90 Å². The number of carbonyl (C=O) groups is 1. The van der Waals surface area contributed by atoms with Crippen LogP contribution in [-0.4, -0.2) is 15.9 Å². The van der Waals surface area contributed by atoms with Gasteiger partial charge < -0.3 is 9.32 Å². The summed E-state index contributed by atoms with van der Waals surface area (Å²) < 4.78 is 5.47. The Hall–Kier alpha value is -2.92. The van der Waals surface area contributed by atoms with Gasteiger partial charge in [-0.15, -0.1) is 0 Å². The molecule has 1 aliphatic rings. The van der Waals surface area contributed by atoms with Crippen molar-refractivity contribution in [3.63, 3.8) is 0 Å². The summed E-state index contributed by atoms with van der Waals surface area (Å²) in [5.74, 6) is 0.722. The highest BCUT2D eigenvalue weighted by molar-refractivity contribution is 7.80. The number of thiocarbonyl (C=S) groups is 1. The molecule has 0 N–H and O–H groups in total. The zero-order valence-corrected chi connectivity index (χ0v) is 14.2. The third-order valence-corrected chi connectivity index (χ3v) is 4.66. The highest BCUT2D eigenvalue weighted by Gasteiger charge is 2.44. The summed E-state index contributed by atoms with van der Waals surface area (Å²) in [6.45, 7) is 0.445. The molecule has 0 saturated carbocycles. The normalized spacial score (nSPS) is 17.4. The van der Waals surface area contributed by atoms with E-state index in [9.17, 15) is 4.79 Å². The number of nitrogens with zero attached hydrogens (tertiary/aromatic N) is 2. The molecule has 1 amide bonds. The molecule has 0 unspecified atom stereocenters. The molecule has 1 aliphatic heterocycles. The lowest BCUT2D eigenvalue weighted by atomic mass is 10.1. The SMILES string of the molecule is O=C1[C@@H](c2ccccc2)N(Cc2ccco2)C(=S)N1c1ccccc1. The lowest BCUT2D eigenvalue weighted by Gasteiger charge is -2.23. The van der Waals surface area contributed by atoms with Crippen LogP contribution in [0.4, 0.5) is 5.69 Å². The first kappa shape index (κ1) is 15.6. The minimum atomic E-state index is -0.459. The van der Waals surface area contributed by atoms with Crippen molar-refractivity contribution in [1.29, 1.82) is 0 Å². The van der Waals surface area contributed by atoms with Crippen LogP contribution in [0.25, 0.3) is 0 Å². The maximum absolute atomic E-state index is 13.2. The molecular weight excluding hydrogens is 332 g/mol. The Bertz CT molecular complexity index is 879. The minimum Gasteiger partial charge on any atom is -0.467 e. The molecular formula is C20H16N2O2S. The summed E-state index contributed by atoms with van der Waals surface area (Å²) in [4.78, 5) is 16.7. The van der Waals surface area contributed by atoms with Crippen LogP contribution in [0.3, 0.4) is 0 Å². The molecule has 2 heterocycles. The molecule has 2 aromatic carbocycles. The summed E-state index contributed by atoms with van der Waals surface area (Å²) in [7, 11) is 0. The highest BCUT2D eigenvalue weighted by Crippen LogP contribution is 2.35. The fourth-order valence-electron chi connectivity index (χ4n) is 3.09. The predicted molar refractivity (Wildman–Crippen MR) is 100.0 cm³/mol. The molecule has 1 saturated heterocycles. The van der Waals surface area contributed by atoms with Gasteiger partial charge in [0.15, 0.2) is 5.11 Å². The van der Waals surface area contributed by atoms with Crippen LogP contribution in [-0.2, 0) is 11.3 Å². The van der Waals surface area contributed by atoms with Crippen LogP contribution in [0, 0.1) is 0 Å². The molecule has 25 heavy (non-hydrogen) atoms. The van der Waals surface area contributed by atoms with Crippen LogP contribution in [0.1, 0.15) is 17.4 Å². The number of hydrogen-bond donors (Lipinski definition) is 0. The van der Waals surface area contributed by atoms with Gasteiger partial charge in [-0.05, 0) is 42.0 Å². The summed E-state index contributed by atoms with van der Waals surface area (Å²) in [5.41, 5.74) is 1.69. The zero-order chi connectivity index (χ0) is 17.2. The van der Waals surface area contributed by atoms with Crippen molar-refractivity contribution in [3.8, 4) is 0 Å². The molecule has 5 heteroatoms. The Morgan fingerprint density at radius 1 is 0.920 bits per heavy atom. The van der Waals surface area contributed by atoms with Crippen molar-refractivity contribution < 1.29 is 9.21 Å². The van der Waals surface area contributed by atoms with Crippen molar-refractivity contribution in [1.82, 2.24) is 4.90 Å². The first-order valence-corrected chi connectivity index (χ1v) is 8.43. The van der Waals surface area contributed by atoms with Gasteiger partial charge in [-0.2, -0.15) is 0 Å². The van der Waals surface area contributed by atoms with E-state index in [4.69, 9.17) is 16.6 Å². The number of para-hydroxylation sites is 1. The number of anilines is 1. The molecule has 1 aromatic heterocycles. The smallest absolute Gasteiger partial charge is 0.260 e. The summed E-state index contributed by atoms with van der Waals surface area (Å²) in [5, 5.41) is 0.487. The molecule has 0 radical (unpaired) electrons. The maximum atomic E-state index is 13.2. The van der Waals surface area contributed by atoms with E-state index in [1.165, 1.54) is 0 Å². The van der Waals surface area contributed by atoms with E-state index in [0.717, 1.165) is 17.0 Å². The van der Waals surface area contributed by atoms with E-state index in [2.05, 4.69) is 0 Å². The summed E-state index contributed by atoms with van der Waals surface area (Å²) in [6, 6.07) is 22.5. The average molecular weight is 348 g/mol. The second kappa shape index (κ2) is 6.53. The van der Waals surface area contributed by atoms with Gasteiger partial charge in [0.25, 0.3) is 5.91 Å². The van der Waals surface area contributed by atoms with Crippen LogP contribution in [0.15, 0.2) is 83.5 Å². The Kier molecular flexibility index (Phi) is 4.07. The van der Waals surface area contributed by atoms with Gasteiger partial charge in [-0.3, -0.25) is 9.69 Å². The quantitative estimate of drug-likeness (QED) is 0.664. The minimum absolute atomic E-state index is 0.0473. The van der Waals surface area contributed by atoms with Gasteiger partial charge in [-0.1, -0.05) is 48.5 Å². The van der Waals surface area contributed by atoms with Gasteiger partial charge in [0.1, 0.15) is 11.8 Å². The van der Waals surface area contributed by atoms with Crippen molar-refractivity contribution in [3.05, 3.63) is 90.4 Å². The maximum Gasteiger partial charge on any atom is 0.260 e. The van der Waals surface area contributed by atoms with Crippen molar-refractivity contribution in [2.45, 2.75) is 12.6 Å². The second-order valence-electron chi connectivity index (χ2n) is 5.81. The lowest BCUT2D eigenvalue weighted by molar-refractivity contribution is -0.120. The van der Waals surface area contributed by atoms with Gasteiger partial charge in [0.2, 0.25) is 0 Å². The number of amides is 1. The average Bonchev–Trinajstić information content (AvgIpc) is 3.24. The van der Waals surface area contributed by atoms with Crippen molar-refractivity contribution in [2.24, 2.45) is 0 Å². The molecule has 4 rings (SSSR count). The lowest BCUT2D eigenvalue weighted by Crippen LogP contribution is -2.32. The van der Waals surface area contributed by atoms with Crippen molar-refractivity contribution >= 4 is 28.9 Å². The van der Waals surface area contributed by atoms with E-state index < -0.39 is 6.04 Å². The van der Waals surface area contributed by atoms with E-state index in [0.29, 0.717) is 11.7 Å². The van der Waals surface area contributed by atoms with Gasteiger partial charge >= 0.3 is 0 Å². The second-order valence-corrected chi connectivity index (χ2v) is 6.18. The molecule has 1 atom stereocenters. The molecule has 0 aliphatic carbocycles. The number of furan rings is 1. The zero-order valence-electron chi connectivity index (χ0n) is 13.4. The van der Waals surface area contributed by atoms with E-state index in [-0.39, 0.29) is 5.91 Å². The molecule has 124 valence electrons. The van der Waals surface area contributed by atoms with Gasteiger partial charge in [0, 0.05) is 0 Å². The standard InChI is InChI=1S/C20H16N2O2S/c23-19-18(15-8-3-1-4-9-15)21(14-17-12-7-13-24-17)20(25)22(19)16-10-5-2-6-11-16/h1-13,18H,14H2/t18-/m1/s1.